The van der Waals surface area contributed by atoms with Crippen LogP contribution in [0, 0.1) is 0 Å². The van der Waals surface area contributed by atoms with Crippen molar-refractivity contribution < 1.29 is 24.5 Å². The van der Waals surface area contributed by atoms with E-state index in [2.05, 4.69) is 21.2 Å². The number of carbonyl (C=O) groups is 2. The third-order valence-electron chi connectivity index (χ3n) is 2.91. The third-order valence-corrected chi connectivity index (χ3v) is 3.53. The fourth-order valence-electron chi connectivity index (χ4n) is 1.78. The Kier molecular flexibility index (Phi) is 7.18. The summed E-state index contributed by atoms with van der Waals surface area (Å²) in [4.78, 5) is 22.6. The molecule has 0 spiro atoms. The molecule has 7 heteroatoms. The quantitative estimate of drug-likeness (QED) is 0.650. The van der Waals surface area contributed by atoms with Gasteiger partial charge in [-0.3, -0.25) is 4.79 Å². The van der Waals surface area contributed by atoms with Gasteiger partial charge in [0, 0.05) is 19.4 Å². The van der Waals surface area contributed by atoms with Crippen molar-refractivity contribution in [3.05, 3.63) is 28.2 Å². The number of aryl methyl sites for hydroxylation is 1. The maximum Gasteiger partial charge on any atom is 0.326 e. The lowest BCUT2D eigenvalue weighted by molar-refractivity contribution is -0.142. The van der Waals surface area contributed by atoms with Gasteiger partial charge in [0.05, 0.1) is 11.6 Å². The fourth-order valence-corrected chi connectivity index (χ4v) is 2.36. The number of amides is 1. The highest BCUT2D eigenvalue weighted by atomic mass is 79.9. The molecule has 1 aromatic rings. The first-order valence-corrected chi connectivity index (χ1v) is 7.22. The van der Waals surface area contributed by atoms with Gasteiger partial charge in [0.2, 0.25) is 5.91 Å². The highest BCUT2D eigenvalue weighted by Gasteiger charge is 2.18. The van der Waals surface area contributed by atoms with Crippen LogP contribution in [-0.4, -0.2) is 41.8 Å². The summed E-state index contributed by atoms with van der Waals surface area (Å²) in [5, 5.41) is 20.0. The molecule has 1 unspecified atom stereocenters. The van der Waals surface area contributed by atoms with Crippen LogP contribution >= 0.6 is 15.9 Å². The summed E-state index contributed by atoms with van der Waals surface area (Å²) in [6.45, 7) is -0.289. The van der Waals surface area contributed by atoms with E-state index in [-0.39, 0.29) is 25.4 Å². The van der Waals surface area contributed by atoms with Crippen molar-refractivity contribution in [2.75, 3.05) is 13.7 Å². The van der Waals surface area contributed by atoms with Gasteiger partial charge < -0.3 is 20.3 Å². The van der Waals surface area contributed by atoms with Gasteiger partial charge in [0.15, 0.2) is 0 Å². The van der Waals surface area contributed by atoms with Crippen LogP contribution in [0.25, 0.3) is 0 Å². The average Bonchev–Trinajstić information content (AvgIpc) is 2.44. The van der Waals surface area contributed by atoms with E-state index >= 15 is 0 Å². The Bertz CT molecular complexity index is 506. The molecule has 0 radical (unpaired) electrons. The van der Waals surface area contributed by atoms with Crippen LogP contribution in [0.4, 0.5) is 0 Å². The number of aliphatic hydroxyl groups excluding tert-OH is 1. The van der Waals surface area contributed by atoms with Crippen LogP contribution in [0.1, 0.15) is 18.4 Å². The molecule has 0 heterocycles. The molecule has 0 bridgehead atoms. The van der Waals surface area contributed by atoms with E-state index in [4.69, 9.17) is 14.9 Å². The van der Waals surface area contributed by atoms with Gasteiger partial charge in [0.25, 0.3) is 0 Å². The van der Waals surface area contributed by atoms with E-state index in [9.17, 15) is 9.59 Å². The smallest absolute Gasteiger partial charge is 0.326 e. The van der Waals surface area contributed by atoms with E-state index in [1.165, 1.54) is 0 Å². The highest BCUT2D eigenvalue weighted by molar-refractivity contribution is 9.10. The van der Waals surface area contributed by atoms with Crippen LogP contribution in [0.15, 0.2) is 22.7 Å². The van der Waals surface area contributed by atoms with Crippen molar-refractivity contribution in [2.45, 2.75) is 25.3 Å². The number of aliphatic hydroxyl groups is 1. The number of halogens is 1. The zero-order valence-electron chi connectivity index (χ0n) is 11.6. The molecule has 0 aromatic heterocycles. The average molecular weight is 360 g/mol. The lowest BCUT2D eigenvalue weighted by atomic mass is 10.1. The summed E-state index contributed by atoms with van der Waals surface area (Å²) in [5.74, 6) is -0.801. The molecular formula is C14H18BrNO5. The Hall–Kier alpha value is -1.60. The van der Waals surface area contributed by atoms with Gasteiger partial charge >= 0.3 is 5.97 Å². The summed E-state index contributed by atoms with van der Waals surface area (Å²) >= 11 is 3.36. The Balaban J connectivity index is 2.52. The van der Waals surface area contributed by atoms with Crippen molar-refractivity contribution in [1.29, 1.82) is 0 Å². The van der Waals surface area contributed by atoms with Gasteiger partial charge in [-0.1, -0.05) is 6.07 Å². The van der Waals surface area contributed by atoms with Crippen molar-refractivity contribution in [3.8, 4) is 5.75 Å². The fraction of sp³-hybridized carbons (Fsp3) is 0.429. The van der Waals surface area contributed by atoms with Crippen molar-refractivity contribution in [2.24, 2.45) is 0 Å². The number of hydrogen-bond donors (Lipinski definition) is 3. The van der Waals surface area contributed by atoms with Gasteiger partial charge in [0.1, 0.15) is 11.8 Å². The van der Waals surface area contributed by atoms with Crippen molar-refractivity contribution >= 4 is 27.8 Å². The maximum atomic E-state index is 11.7. The van der Waals surface area contributed by atoms with Crippen LogP contribution < -0.4 is 10.1 Å². The predicted octanol–water partition coefficient (Wildman–Crippen LogP) is 1.34. The number of nitrogens with one attached hydrogen (secondary N) is 1. The summed E-state index contributed by atoms with van der Waals surface area (Å²) in [6, 6.07) is 4.45. The molecule has 1 atom stereocenters. The molecule has 1 rings (SSSR count). The first-order valence-electron chi connectivity index (χ1n) is 6.43. The Morgan fingerprint density at radius 3 is 2.67 bits per heavy atom. The van der Waals surface area contributed by atoms with Gasteiger partial charge in [-0.15, -0.1) is 0 Å². The summed E-state index contributed by atoms with van der Waals surface area (Å²) in [6.07, 6.45) is 0.656. The van der Waals surface area contributed by atoms with Crippen LogP contribution in [0.3, 0.4) is 0 Å². The molecule has 116 valence electrons. The van der Waals surface area contributed by atoms with Gasteiger partial charge in [-0.05, 0) is 40.0 Å². The number of carboxylic acid groups (broad SMARTS) is 1. The van der Waals surface area contributed by atoms with E-state index in [0.29, 0.717) is 12.2 Å². The van der Waals surface area contributed by atoms with E-state index in [1.54, 1.807) is 13.2 Å². The number of methoxy groups -OCH3 is 1. The molecule has 21 heavy (non-hydrogen) atoms. The first-order chi connectivity index (χ1) is 9.97. The van der Waals surface area contributed by atoms with Crippen LogP contribution in [0.2, 0.25) is 0 Å². The Labute approximate surface area is 131 Å². The Morgan fingerprint density at radius 2 is 2.14 bits per heavy atom. The highest BCUT2D eigenvalue weighted by Crippen LogP contribution is 2.25. The van der Waals surface area contributed by atoms with Crippen molar-refractivity contribution in [3.63, 3.8) is 0 Å². The second-order valence-electron chi connectivity index (χ2n) is 4.44. The topological polar surface area (TPSA) is 95.9 Å². The molecule has 0 aliphatic heterocycles. The summed E-state index contributed by atoms with van der Waals surface area (Å²) in [5.41, 5.74) is 0.937. The molecule has 3 N–H and O–H groups in total. The summed E-state index contributed by atoms with van der Waals surface area (Å²) < 4.78 is 5.91. The van der Waals surface area contributed by atoms with Gasteiger partial charge in [-0.25, -0.2) is 4.79 Å². The Morgan fingerprint density at radius 1 is 1.43 bits per heavy atom. The number of hydrogen-bond acceptors (Lipinski definition) is 4. The number of carboxylic acids is 1. The molecule has 0 saturated heterocycles. The molecular weight excluding hydrogens is 342 g/mol. The molecule has 0 saturated carbocycles. The molecule has 0 fully saturated rings. The molecule has 1 aromatic carbocycles. The molecule has 6 nitrogen and oxygen atoms in total. The molecule has 0 aliphatic rings. The minimum Gasteiger partial charge on any atom is -0.496 e. The number of aliphatic carboxylic acids is 1. The second-order valence-corrected chi connectivity index (χ2v) is 5.29. The second kappa shape index (κ2) is 8.63. The first kappa shape index (κ1) is 17.5. The van der Waals surface area contributed by atoms with Gasteiger partial charge in [-0.2, -0.15) is 0 Å². The number of carbonyl (C=O) groups excluding carboxylic acids is 1. The predicted molar refractivity (Wildman–Crippen MR) is 80.3 cm³/mol. The number of rotatable bonds is 8. The maximum absolute atomic E-state index is 11.7. The monoisotopic (exact) mass is 359 g/mol. The standard InChI is InChI=1S/C14H18BrNO5/c1-21-12-4-2-9(8-10(12)15)3-5-13(18)16-11(6-7-17)14(19)20/h2,4,8,11,17H,3,5-7H2,1H3,(H,16,18)(H,19,20). The minimum absolute atomic E-state index is 0.00480. The van der Waals surface area contributed by atoms with E-state index < -0.39 is 12.0 Å². The van der Waals surface area contributed by atoms with Crippen LogP contribution in [-0.2, 0) is 16.0 Å². The molecule has 1 amide bonds. The zero-order chi connectivity index (χ0) is 15.8. The zero-order valence-corrected chi connectivity index (χ0v) is 13.2. The SMILES string of the molecule is COc1ccc(CCC(=O)NC(CCO)C(=O)O)cc1Br. The normalized spacial score (nSPS) is 11.8. The molecule has 0 aliphatic carbocycles. The lowest BCUT2D eigenvalue weighted by Gasteiger charge is -2.13. The van der Waals surface area contributed by atoms with E-state index in [1.807, 2.05) is 12.1 Å². The minimum atomic E-state index is -1.15. The summed E-state index contributed by atoms with van der Waals surface area (Å²) in [7, 11) is 1.57. The van der Waals surface area contributed by atoms with Crippen LogP contribution in [0.5, 0.6) is 5.75 Å². The van der Waals surface area contributed by atoms with E-state index in [0.717, 1.165) is 10.0 Å². The third kappa shape index (κ3) is 5.73. The number of ether oxygens (including phenoxy) is 1. The largest absolute Gasteiger partial charge is 0.496 e. The van der Waals surface area contributed by atoms with Crippen molar-refractivity contribution in [1.82, 2.24) is 5.32 Å². The lowest BCUT2D eigenvalue weighted by Crippen LogP contribution is -2.41. The number of benzene rings is 1.